The number of carbonyl (C=O) groups excluding carboxylic acids is 2. The number of fused-ring (bicyclic) bond motifs is 6. The summed E-state index contributed by atoms with van der Waals surface area (Å²) in [5, 5.41) is 0. The van der Waals surface area contributed by atoms with Gasteiger partial charge in [0, 0.05) is 44.7 Å². The van der Waals surface area contributed by atoms with Crippen LogP contribution in [-0.4, -0.2) is 31.8 Å². The number of nitrogens with zero attached hydrogens (tertiary/aromatic N) is 2. The second-order valence-corrected chi connectivity index (χ2v) is 8.35. The number of unbranched alkanes of at least 4 members (excludes halogenated alkanes) is 1. The molecule has 0 unspecified atom stereocenters. The Morgan fingerprint density at radius 2 is 1.32 bits per heavy atom. The molecule has 0 amide bonds. The van der Waals surface area contributed by atoms with Gasteiger partial charge in [-0.25, -0.2) is 0 Å². The van der Waals surface area contributed by atoms with Gasteiger partial charge in [-0.05, 0) is 53.6 Å². The van der Waals surface area contributed by atoms with E-state index >= 15 is 0 Å². The van der Waals surface area contributed by atoms with Crippen molar-refractivity contribution in [3.8, 4) is 0 Å². The van der Waals surface area contributed by atoms with Gasteiger partial charge in [0.2, 0.25) is 0 Å². The Balaban J connectivity index is 1.40. The molecule has 0 spiro atoms. The highest BCUT2D eigenvalue weighted by atomic mass is 16.5. The fraction of sp³-hybridized carbons (Fsp3) is 0.440. The highest BCUT2D eigenvalue weighted by molar-refractivity contribution is 5.68. The lowest BCUT2D eigenvalue weighted by Crippen LogP contribution is -2.46. The van der Waals surface area contributed by atoms with Crippen LogP contribution in [0.4, 0.5) is 11.4 Å². The third kappa shape index (κ3) is 5.19. The quantitative estimate of drug-likeness (QED) is 0.474. The number of esters is 2. The molecular formula is C25H30N2O4. The highest BCUT2D eigenvalue weighted by Gasteiger charge is 2.29. The summed E-state index contributed by atoms with van der Waals surface area (Å²) >= 11 is 0. The van der Waals surface area contributed by atoms with Crippen molar-refractivity contribution in [2.75, 3.05) is 29.7 Å². The maximum Gasteiger partial charge on any atom is 0.302 e. The van der Waals surface area contributed by atoms with Gasteiger partial charge in [-0.1, -0.05) is 24.3 Å². The van der Waals surface area contributed by atoms with Crippen LogP contribution in [0.2, 0.25) is 0 Å². The summed E-state index contributed by atoms with van der Waals surface area (Å²) in [5.74, 6) is -0.440. The molecular weight excluding hydrogens is 392 g/mol. The number of ether oxygens (including phenoxy) is 2. The van der Waals surface area contributed by atoms with Crippen molar-refractivity contribution in [3.05, 3.63) is 58.7 Å². The molecule has 2 aliphatic rings. The second kappa shape index (κ2) is 9.41. The average molecular weight is 423 g/mol. The molecule has 31 heavy (non-hydrogen) atoms. The lowest BCUT2D eigenvalue weighted by molar-refractivity contribution is -0.141. The minimum atomic E-state index is -0.231. The molecule has 0 atom stereocenters. The zero-order valence-corrected chi connectivity index (χ0v) is 18.4. The number of carbonyl (C=O) groups is 2. The van der Waals surface area contributed by atoms with E-state index in [1.54, 1.807) is 0 Å². The summed E-state index contributed by atoms with van der Waals surface area (Å²) < 4.78 is 10.1. The molecule has 0 saturated heterocycles. The summed E-state index contributed by atoms with van der Waals surface area (Å²) in [5.41, 5.74) is 7.84. The molecule has 4 rings (SSSR count). The van der Waals surface area contributed by atoms with Crippen LogP contribution in [0.25, 0.3) is 0 Å². The summed E-state index contributed by atoms with van der Waals surface area (Å²) in [7, 11) is 0. The fourth-order valence-corrected chi connectivity index (χ4v) is 4.46. The maximum atomic E-state index is 11.0. The summed E-state index contributed by atoms with van der Waals surface area (Å²) in [6.45, 7) is 6.53. The number of benzene rings is 2. The number of aryl methyl sites for hydroxylation is 1. The van der Waals surface area contributed by atoms with Crippen LogP contribution in [0.5, 0.6) is 0 Å². The zero-order valence-electron chi connectivity index (χ0n) is 18.4. The van der Waals surface area contributed by atoms with Crippen LogP contribution < -0.4 is 9.80 Å². The Hall–Kier alpha value is -3.02. The molecule has 0 N–H and O–H groups in total. The van der Waals surface area contributed by atoms with Crippen LogP contribution in [0.3, 0.4) is 0 Å². The van der Waals surface area contributed by atoms with Crippen molar-refractivity contribution in [2.24, 2.45) is 0 Å². The molecule has 2 aliphatic heterocycles. The molecule has 0 aromatic heterocycles. The van der Waals surface area contributed by atoms with Crippen molar-refractivity contribution in [1.82, 2.24) is 0 Å². The van der Waals surface area contributed by atoms with E-state index in [2.05, 4.69) is 46.2 Å². The first-order valence-electron chi connectivity index (χ1n) is 11.0. The van der Waals surface area contributed by atoms with Crippen molar-refractivity contribution in [1.29, 1.82) is 0 Å². The standard InChI is InChI=1S/C25H30N2O4/c1-18(28)30-11-4-3-5-20-6-8-24-22(13-20)15-26-17-27(24)16-23-14-21(7-9-25(23)26)10-12-31-19(2)29/h6-9,13-14H,3-5,10-12,15-17H2,1-2H3. The van der Waals surface area contributed by atoms with E-state index in [4.69, 9.17) is 9.47 Å². The van der Waals surface area contributed by atoms with Gasteiger partial charge in [0.15, 0.2) is 0 Å². The monoisotopic (exact) mass is 422 g/mol. The van der Waals surface area contributed by atoms with Crippen molar-refractivity contribution < 1.29 is 19.1 Å². The Morgan fingerprint density at radius 3 is 1.90 bits per heavy atom. The molecule has 0 saturated carbocycles. The molecule has 164 valence electrons. The normalized spacial score (nSPS) is 14.0. The van der Waals surface area contributed by atoms with E-state index in [1.165, 1.54) is 47.5 Å². The lowest BCUT2D eigenvalue weighted by Gasteiger charge is -2.45. The largest absolute Gasteiger partial charge is 0.466 e. The second-order valence-electron chi connectivity index (χ2n) is 8.35. The van der Waals surface area contributed by atoms with E-state index in [0.29, 0.717) is 13.2 Å². The fourth-order valence-electron chi connectivity index (χ4n) is 4.46. The molecule has 2 aromatic carbocycles. The van der Waals surface area contributed by atoms with Crippen LogP contribution >= 0.6 is 0 Å². The molecule has 0 radical (unpaired) electrons. The lowest BCUT2D eigenvalue weighted by atomic mass is 9.97. The minimum absolute atomic E-state index is 0.208. The SMILES string of the molecule is CC(=O)OCCCCc1ccc2c(c1)CN1CN2Cc2cc(CCOC(C)=O)ccc21. The maximum absolute atomic E-state index is 11.0. The smallest absolute Gasteiger partial charge is 0.302 e. The van der Waals surface area contributed by atoms with E-state index in [9.17, 15) is 9.59 Å². The highest BCUT2D eigenvalue weighted by Crippen LogP contribution is 2.38. The van der Waals surface area contributed by atoms with Gasteiger partial charge in [0.1, 0.15) is 0 Å². The predicted molar refractivity (Wildman–Crippen MR) is 120 cm³/mol. The number of hydrogen-bond donors (Lipinski definition) is 0. The van der Waals surface area contributed by atoms with E-state index < -0.39 is 0 Å². The summed E-state index contributed by atoms with van der Waals surface area (Å²) in [6.07, 6.45) is 3.64. The first-order valence-corrected chi connectivity index (χ1v) is 11.0. The van der Waals surface area contributed by atoms with Gasteiger partial charge in [-0.2, -0.15) is 0 Å². The molecule has 6 nitrogen and oxygen atoms in total. The molecule has 2 aromatic rings. The number of hydrogen-bond acceptors (Lipinski definition) is 6. The first kappa shape index (κ1) is 21.2. The van der Waals surface area contributed by atoms with Gasteiger partial charge in [-0.15, -0.1) is 0 Å². The number of anilines is 2. The molecule has 2 heterocycles. The summed E-state index contributed by atoms with van der Waals surface area (Å²) in [4.78, 5) is 26.7. The van der Waals surface area contributed by atoms with Crippen LogP contribution in [0.1, 0.15) is 48.9 Å². The third-order valence-electron chi connectivity index (χ3n) is 5.89. The third-order valence-corrected chi connectivity index (χ3v) is 5.89. The molecule has 0 fully saturated rings. The Bertz CT molecular complexity index is 972. The Morgan fingerprint density at radius 1 is 0.774 bits per heavy atom. The number of rotatable bonds is 8. The van der Waals surface area contributed by atoms with Crippen LogP contribution in [0.15, 0.2) is 36.4 Å². The van der Waals surface area contributed by atoms with Crippen molar-refractivity contribution >= 4 is 23.3 Å². The first-order chi connectivity index (χ1) is 15.0. The van der Waals surface area contributed by atoms with Crippen LogP contribution in [0, 0.1) is 0 Å². The predicted octanol–water partition coefficient (Wildman–Crippen LogP) is 3.98. The van der Waals surface area contributed by atoms with Gasteiger partial charge in [0.05, 0.1) is 19.9 Å². The van der Waals surface area contributed by atoms with E-state index in [-0.39, 0.29) is 11.9 Å². The van der Waals surface area contributed by atoms with Gasteiger partial charge < -0.3 is 19.3 Å². The Labute approximate surface area is 183 Å². The van der Waals surface area contributed by atoms with E-state index in [0.717, 1.165) is 45.4 Å². The van der Waals surface area contributed by atoms with Gasteiger partial charge in [0.25, 0.3) is 0 Å². The van der Waals surface area contributed by atoms with Crippen molar-refractivity contribution in [3.63, 3.8) is 0 Å². The zero-order chi connectivity index (χ0) is 21.8. The van der Waals surface area contributed by atoms with Gasteiger partial charge in [-0.3, -0.25) is 9.59 Å². The average Bonchev–Trinajstić information content (AvgIpc) is 2.73. The van der Waals surface area contributed by atoms with Crippen LogP contribution in [-0.2, 0) is 45.0 Å². The molecule has 0 aliphatic carbocycles. The molecule has 6 heteroatoms. The Kier molecular flexibility index (Phi) is 6.44. The van der Waals surface area contributed by atoms with E-state index in [1.807, 2.05) is 0 Å². The molecule has 2 bridgehead atoms. The van der Waals surface area contributed by atoms with Crippen molar-refractivity contribution in [2.45, 2.75) is 52.6 Å². The van der Waals surface area contributed by atoms with Gasteiger partial charge >= 0.3 is 11.9 Å². The topological polar surface area (TPSA) is 59.1 Å². The minimum Gasteiger partial charge on any atom is -0.466 e. The summed E-state index contributed by atoms with van der Waals surface area (Å²) in [6, 6.07) is 13.4.